The zero-order valence-electron chi connectivity index (χ0n) is 11.6. The second-order valence-corrected chi connectivity index (χ2v) is 5.35. The van der Waals surface area contributed by atoms with Gasteiger partial charge in [-0.3, -0.25) is 4.90 Å². The van der Waals surface area contributed by atoms with Crippen molar-refractivity contribution in [1.82, 2.24) is 4.90 Å². The van der Waals surface area contributed by atoms with Gasteiger partial charge in [0.05, 0.1) is 6.10 Å². The van der Waals surface area contributed by atoms with Crippen LogP contribution in [-0.4, -0.2) is 48.4 Å². The van der Waals surface area contributed by atoms with Gasteiger partial charge in [-0.05, 0) is 29.9 Å². The van der Waals surface area contributed by atoms with Crippen molar-refractivity contribution in [3.05, 3.63) is 29.8 Å². The van der Waals surface area contributed by atoms with E-state index in [4.69, 9.17) is 4.74 Å². The first kappa shape index (κ1) is 14.5. The molecule has 5 heteroatoms. The summed E-state index contributed by atoms with van der Waals surface area (Å²) in [6, 6.07) is 7.48. The van der Waals surface area contributed by atoms with Crippen molar-refractivity contribution in [2.75, 3.05) is 20.2 Å². The van der Waals surface area contributed by atoms with Crippen molar-refractivity contribution in [1.29, 1.82) is 0 Å². The minimum Gasteiger partial charge on any atom is -0.423 e. The van der Waals surface area contributed by atoms with Crippen LogP contribution in [0.2, 0.25) is 0 Å². The molecule has 2 N–H and O–H groups in total. The zero-order valence-corrected chi connectivity index (χ0v) is 11.6. The lowest BCUT2D eigenvalue weighted by atomic mass is 9.77. The molecule has 0 amide bonds. The molecule has 104 valence electrons. The maximum absolute atomic E-state index is 9.39. The van der Waals surface area contributed by atoms with E-state index in [1.807, 2.05) is 18.2 Å². The summed E-state index contributed by atoms with van der Waals surface area (Å²) in [6.45, 7) is 4.88. The molecule has 1 aromatic rings. The number of piperidine rings is 1. The summed E-state index contributed by atoms with van der Waals surface area (Å²) in [6.07, 6.45) is 1.38. The Bertz CT molecular complexity index is 413. The lowest BCUT2D eigenvalue weighted by molar-refractivity contribution is -0.00738. The number of rotatable bonds is 4. The topological polar surface area (TPSA) is 52.9 Å². The Morgan fingerprint density at radius 1 is 1.37 bits per heavy atom. The van der Waals surface area contributed by atoms with E-state index in [2.05, 4.69) is 11.8 Å². The number of hydrogen-bond acceptors (Lipinski definition) is 4. The minimum absolute atomic E-state index is 0.264. The molecule has 1 saturated heterocycles. The van der Waals surface area contributed by atoms with E-state index in [1.54, 1.807) is 13.2 Å². The predicted octanol–water partition coefficient (Wildman–Crippen LogP) is 0.223. The molecule has 0 bridgehead atoms. The highest BCUT2D eigenvalue weighted by atomic mass is 16.5. The van der Waals surface area contributed by atoms with E-state index in [9.17, 15) is 10.0 Å². The lowest BCUT2D eigenvalue weighted by Crippen LogP contribution is -2.44. The average molecular weight is 263 g/mol. The van der Waals surface area contributed by atoms with E-state index < -0.39 is 7.12 Å². The highest BCUT2D eigenvalue weighted by Crippen LogP contribution is 2.20. The molecule has 0 aromatic heterocycles. The molecule has 4 nitrogen and oxygen atoms in total. The van der Waals surface area contributed by atoms with Crippen molar-refractivity contribution < 1.29 is 14.8 Å². The van der Waals surface area contributed by atoms with Crippen molar-refractivity contribution in [3.8, 4) is 0 Å². The molecule has 0 aliphatic carbocycles. The molecule has 0 saturated carbocycles. The normalized spacial score (nSPS) is 24.4. The van der Waals surface area contributed by atoms with Crippen LogP contribution in [0.15, 0.2) is 24.3 Å². The minimum atomic E-state index is -1.40. The fourth-order valence-corrected chi connectivity index (χ4v) is 2.72. The fourth-order valence-electron chi connectivity index (χ4n) is 2.72. The Kier molecular flexibility index (Phi) is 4.99. The van der Waals surface area contributed by atoms with Gasteiger partial charge >= 0.3 is 7.12 Å². The smallest absolute Gasteiger partial charge is 0.423 e. The molecule has 2 rings (SSSR count). The van der Waals surface area contributed by atoms with Gasteiger partial charge in [0.1, 0.15) is 0 Å². The molecule has 1 aliphatic heterocycles. The summed E-state index contributed by atoms with van der Waals surface area (Å²) >= 11 is 0. The van der Waals surface area contributed by atoms with Gasteiger partial charge in [0, 0.05) is 20.2 Å². The van der Waals surface area contributed by atoms with Crippen molar-refractivity contribution in [2.45, 2.75) is 26.0 Å². The predicted molar refractivity (Wildman–Crippen MR) is 76.1 cm³/mol. The Morgan fingerprint density at radius 2 is 2.11 bits per heavy atom. The third-order valence-corrected chi connectivity index (χ3v) is 4.00. The number of nitrogens with zero attached hydrogens (tertiary/aromatic N) is 1. The van der Waals surface area contributed by atoms with E-state index in [1.165, 1.54) is 0 Å². The molecule has 2 unspecified atom stereocenters. The van der Waals surface area contributed by atoms with E-state index in [-0.39, 0.29) is 6.10 Å². The molecule has 0 spiro atoms. The van der Waals surface area contributed by atoms with Gasteiger partial charge in [-0.1, -0.05) is 31.2 Å². The van der Waals surface area contributed by atoms with Crippen LogP contribution in [0.4, 0.5) is 0 Å². The first-order chi connectivity index (χ1) is 9.11. The van der Waals surface area contributed by atoms with E-state index in [0.29, 0.717) is 11.4 Å². The third-order valence-electron chi connectivity index (χ3n) is 4.00. The second kappa shape index (κ2) is 6.52. The maximum Gasteiger partial charge on any atom is 0.488 e. The summed E-state index contributed by atoms with van der Waals surface area (Å²) in [4.78, 5) is 2.31. The van der Waals surface area contributed by atoms with Gasteiger partial charge in [0.25, 0.3) is 0 Å². The van der Waals surface area contributed by atoms with Crippen LogP contribution in [0.3, 0.4) is 0 Å². The van der Waals surface area contributed by atoms with Crippen LogP contribution < -0.4 is 5.46 Å². The van der Waals surface area contributed by atoms with Gasteiger partial charge in [-0.2, -0.15) is 0 Å². The summed E-state index contributed by atoms with van der Waals surface area (Å²) in [5.41, 5.74) is 1.57. The van der Waals surface area contributed by atoms with Gasteiger partial charge < -0.3 is 14.8 Å². The SMILES string of the molecule is COC1CN(Cc2ccccc2B(O)O)CCC1C. The summed E-state index contributed by atoms with van der Waals surface area (Å²) in [5.74, 6) is 0.583. The van der Waals surface area contributed by atoms with Crippen LogP contribution in [0.1, 0.15) is 18.9 Å². The summed E-state index contributed by atoms with van der Waals surface area (Å²) in [7, 11) is 0.356. The molecule has 0 radical (unpaired) electrons. The molecule has 1 aliphatic rings. The van der Waals surface area contributed by atoms with Gasteiger partial charge in [-0.15, -0.1) is 0 Å². The van der Waals surface area contributed by atoms with Crippen LogP contribution in [0, 0.1) is 5.92 Å². The zero-order chi connectivity index (χ0) is 13.8. The molecule has 1 aromatic carbocycles. The largest absolute Gasteiger partial charge is 0.488 e. The van der Waals surface area contributed by atoms with E-state index in [0.717, 1.165) is 31.6 Å². The van der Waals surface area contributed by atoms with Crippen LogP contribution in [0.5, 0.6) is 0 Å². The third kappa shape index (κ3) is 3.57. The van der Waals surface area contributed by atoms with Gasteiger partial charge in [0.15, 0.2) is 0 Å². The number of benzene rings is 1. The van der Waals surface area contributed by atoms with Crippen molar-refractivity contribution in [2.24, 2.45) is 5.92 Å². The lowest BCUT2D eigenvalue weighted by Gasteiger charge is -2.36. The number of methoxy groups -OCH3 is 1. The first-order valence-corrected chi connectivity index (χ1v) is 6.81. The van der Waals surface area contributed by atoms with Gasteiger partial charge in [-0.25, -0.2) is 0 Å². The number of hydrogen-bond donors (Lipinski definition) is 2. The Labute approximate surface area is 115 Å². The maximum atomic E-state index is 9.39. The van der Waals surface area contributed by atoms with Crippen LogP contribution in [-0.2, 0) is 11.3 Å². The Hall–Kier alpha value is -0.875. The molecule has 1 fully saturated rings. The quantitative estimate of drug-likeness (QED) is 0.763. The molecule has 2 atom stereocenters. The molecule has 19 heavy (non-hydrogen) atoms. The highest BCUT2D eigenvalue weighted by molar-refractivity contribution is 6.59. The number of ether oxygens (including phenoxy) is 1. The summed E-state index contributed by atoms with van der Waals surface area (Å²) < 4.78 is 5.51. The monoisotopic (exact) mass is 263 g/mol. The summed E-state index contributed by atoms with van der Waals surface area (Å²) in [5, 5.41) is 18.8. The average Bonchev–Trinajstić information content (AvgIpc) is 2.41. The molecular formula is C14H22BNO3. The second-order valence-electron chi connectivity index (χ2n) is 5.35. The Morgan fingerprint density at radius 3 is 2.79 bits per heavy atom. The Balaban J connectivity index is 2.05. The first-order valence-electron chi connectivity index (χ1n) is 6.81. The van der Waals surface area contributed by atoms with Crippen molar-refractivity contribution >= 4 is 12.6 Å². The van der Waals surface area contributed by atoms with Crippen molar-refractivity contribution in [3.63, 3.8) is 0 Å². The highest BCUT2D eigenvalue weighted by Gasteiger charge is 2.26. The standard InChI is InChI=1S/C14H22BNO3/c1-11-7-8-16(10-14(11)19-2)9-12-5-3-4-6-13(12)15(17)18/h3-6,11,14,17-18H,7-10H2,1-2H3. The van der Waals surface area contributed by atoms with E-state index >= 15 is 0 Å². The molecular weight excluding hydrogens is 241 g/mol. The fraction of sp³-hybridized carbons (Fsp3) is 0.571. The van der Waals surface area contributed by atoms with Gasteiger partial charge in [0.2, 0.25) is 0 Å². The van der Waals surface area contributed by atoms with Crippen LogP contribution >= 0.6 is 0 Å². The van der Waals surface area contributed by atoms with Crippen LogP contribution in [0.25, 0.3) is 0 Å². The molecule has 1 heterocycles. The number of likely N-dealkylation sites (tertiary alicyclic amines) is 1.